The van der Waals surface area contributed by atoms with Crippen LogP contribution in [0.15, 0.2) is 47.4 Å². The molecule has 8 heteroatoms. The predicted molar refractivity (Wildman–Crippen MR) is 107 cm³/mol. The van der Waals surface area contributed by atoms with Crippen LogP contribution in [-0.4, -0.2) is 52.6 Å². The number of piperazine rings is 1. The van der Waals surface area contributed by atoms with Gasteiger partial charge < -0.3 is 14.4 Å². The van der Waals surface area contributed by atoms with Crippen molar-refractivity contribution in [2.45, 2.75) is 11.8 Å². The Bertz CT molecular complexity index is 896. The Kier molecular flexibility index (Phi) is 6.14. The standard InChI is InChI=1S/C19H23ClN2O4S/c1-3-26-18-9-8-15(20)14-19(18)27(23,24)22-12-10-21(11-13-22)16-6-4-5-7-17(16)25-2/h4-9,14H,3,10-13H2,1-2H3. The minimum absolute atomic E-state index is 0.114. The minimum Gasteiger partial charge on any atom is -0.495 e. The van der Waals surface area contributed by atoms with Gasteiger partial charge in [0.1, 0.15) is 16.4 Å². The number of ether oxygens (including phenoxy) is 2. The third-order valence-corrected chi connectivity index (χ3v) is 6.64. The molecule has 0 aliphatic carbocycles. The van der Waals surface area contributed by atoms with Gasteiger partial charge in [0, 0.05) is 31.2 Å². The highest BCUT2D eigenvalue weighted by Crippen LogP contribution is 2.32. The fraction of sp³-hybridized carbons (Fsp3) is 0.368. The molecule has 0 atom stereocenters. The summed E-state index contributed by atoms with van der Waals surface area (Å²) in [5.41, 5.74) is 0.967. The Morgan fingerprint density at radius 1 is 1.04 bits per heavy atom. The Hall–Kier alpha value is -1.96. The molecular weight excluding hydrogens is 388 g/mol. The fourth-order valence-corrected chi connectivity index (χ4v) is 4.97. The smallest absolute Gasteiger partial charge is 0.246 e. The van der Waals surface area contributed by atoms with E-state index in [0.29, 0.717) is 43.6 Å². The maximum atomic E-state index is 13.1. The van der Waals surface area contributed by atoms with Gasteiger partial charge in [-0.1, -0.05) is 23.7 Å². The summed E-state index contributed by atoms with van der Waals surface area (Å²) in [5.74, 6) is 1.11. The zero-order valence-corrected chi connectivity index (χ0v) is 17.0. The molecule has 1 aliphatic heterocycles. The minimum atomic E-state index is -3.69. The average molecular weight is 411 g/mol. The van der Waals surface area contributed by atoms with E-state index in [1.54, 1.807) is 19.2 Å². The molecular formula is C19H23ClN2O4S. The van der Waals surface area contributed by atoms with Gasteiger partial charge in [0.15, 0.2) is 0 Å². The van der Waals surface area contributed by atoms with E-state index in [9.17, 15) is 8.42 Å². The van der Waals surface area contributed by atoms with Crippen LogP contribution in [0, 0.1) is 0 Å². The summed E-state index contributed by atoms with van der Waals surface area (Å²) in [5, 5.41) is 0.365. The van der Waals surface area contributed by atoms with E-state index >= 15 is 0 Å². The zero-order chi connectivity index (χ0) is 19.4. The number of anilines is 1. The summed E-state index contributed by atoms with van der Waals surface area (Å²) in [7, 11) is -2.06. The van der Waals surface area contributed by atoms with Crippen molar-refractivity contribution in [2.75, 3.05) is 44.8 Å². The molecule has 0 bridgehead atoms. The summed E-state index contributed by atoms with van der Waals surface area (Å²) in [6, 6.07) is 12.4. The van der Waals surface area contributed by atoms with Crippen molar-refractivity contribution in [2.24, 2.45) is 0 Å². The second-order valence-corrected chi connectivity index (χ2v) is 8.43. The summed E-state index contributed by atoms with van der Waals surface area (Å²) in [6.07, 6.45) is 0. The van der Waals surface area contributed by atoms with Crippen molar-refractivity contribution < 1.29 is 17.9 Å². The van der Waals surface area contributed by atoms with Gasteiger partial charge in [0.25, 0.3) is 0 Å². The first-order valence-electron chi connectivity index (χ1n) is 8.78. The number of rotatable bonds is 6. The topological polar surface area (TPSA) is 59.1 Å². The lowest BCUT2D eigenvalue weighted by Crippen LogP contribution is -2.48. The van der Waals surface area contributed by atoms with Crippen LogP contribution < -0.4 is 14.4 Å². The monoisotopic (exact) mass is 410 g/mol. The number of para-hydroxylation sites is 2. The van der Waals surface area contributed by atoms with E-state index in [1.165, 1.54) is 10.4 Å². The van der Waals surface area contributed by atoms with Crippen LogP contribution in [0.5, 0.6) is 11.5 Å². The third kappa shape index (κ3) is 4.15. The molecule has 1 saturated heterocycles. The highest BCUT2D eigenvalue weighted by molar-refractivity contribution is 7.89. The van der Waals surface area contributed by atoms with Crippen molar-refractivity contribution in [1.29, 1.82) is 0 Å². The van der Waals surface area contributed by atoms with Gasteiger partial charge in [-0.05, 0) is 37.3 Å². The zero-order valence-electron chi connectivity index (χ0n) is 15.4. The SMILES string of the molecule is CCOc1ccc(Cl)cc1S(=O)(=O)N1CCN(c2ccccc2OC)CC1. The molecule has 0 spiro atoms. The molecule has 0 amide bonds. The normalized spacial score (nSPS) is 15.6. The Morgan fingerprint density at radius 3 is 2.41 bits per heavy atom. The molecule has 0 aromatic heterocycles. The molecule has 1 heterocycles. The Morgan fingerprint density at radius 2 is 1.74 bits per heavy atom. The first-order chi connectivity index (χ1) is 13.0. The van der Waals surface area contributed by atoms with Gasteiger partial charge in [0.2, 0.25) is 10.0 Å². The van der Waals surface area contributed by atoms with Crippen molar-refractivity contribution in [3.63, 3.8) is 0 Å². The number of benzene rings is 2. The van der Waals surface area contributed by atoms with Crippen LogP contribution >= 0.6 is 11.6 Å². The van der Waals surface area contributed by atoms with Crippen molar-refractivity contribution in [1.82, 2.24) is 4.31 Å². The lowest BCUT2D eigenvalue weighted by Gasteiger charge is -2.36. The van der Waals surface area contributed by atoms with E-state index in [2.05, 4.69) is 4.90 Å². The average Bonchev–Trinajstić information content (AvgIpc) is 2.69. The van der Waals surface area contributed by atoms with Crippen molar-refractivity contribution in [3.05, 3.63) is 47.5 Å². The molecule has 146 valence electrons. The number of hydrogen-bond donors (Lipinski definition) is 0. The van der Waals surface area contributed by atoms with Crippen LogP contribution in [0.1, 0.15) is 6.92 Å². The summed E-state index contributed by atoms with van der Waals surface area (Å²) in [4.78, 5) is 2.24. The molecule has 1 fully saturated rings. The molecule has 0 N–H and O–H groups in total. The number of hydrogen-bond acceptors (Lipinski definition) is 5. The second kappa shape index (κ2) is 8.37. The molecule has 0 saturated carbocycles. The number of methoxy groups -OCH3 is 1. The van der Waals surface area contributed by atoms with Gasteiger partial charge >= 0.3 is 0 Å². The third-order valence-electron chi connectivity index (χ3n) is 4.49. The summed E-state index contributed by atoms with van der Waals surface area (Å²) < 4.78 is 38.7. The van der Waals surface area contributed by atoms with Crippen LogP contribution in [0.4, 0.5) is 5.69 Å². The first kappa shape index (κ1) is 19.8. The van der Waals surface area contributed by atoms with E-state index < -0.39 is 10.0 Å². The molecule has 0 radical (unpaired) electrons. The Balaban J connectivity index is 1.80. The van der Waals surface area contributed by atoms with E-state index in [-0.39, 0.29) is 4.90 Å². The quantitative estimate of drug-likeness (QED) is 0.731. The lowest BCUT2D eigenvalue weighted by molar-refractivity contribution is 0.327. The maximum absolute atomic E-state index is 13.1. The molecule has 0 unspecified atom stereocenters. The predicted octanol–water partition coefficient (Wildman–Crippen LogP) is 3.26. The number of nitrogens with zero attached hydrogens (tertiary/aromatic N) is 2. The largest absolute Gasteiger partial charge is 0.495 e. The number of halogens is 1. The van der Waals surface area contributed by atoms with E-state index in [4.69, 9.17) is 21.1 Å². The number of sulfonamides is 1. The lowest BCUT2D eigenvalue weighted by atomic mass is 10.2. The molecule has 3 rings (SSSR count). The van der Waals surface area contributed by atoms with E-state index in [1.807, 2.05) is 31.2 Å². The molecule has 2 aromatic carbocycles. The van der Waals surface area contributed by atoms with Gasteiger partial charge in [-0.3, -0.25) is 0 Å². The molecule has 2 aromatic rings. The molecule has 1 aliphatic rings. The second-order valence-electron chi connectivity index (χ2n) is 6.09. The summed E-state index contributed by atoms with van der Waals surface area (Å²) >= 11 is 6.04. The molecule has 27 heavy (non-hydrogen) atoms. The molecule has 6 nitrogen and oxygen atoms in total. The van der Waals surface area contributed by atoms with Crippen LogP contribution in [0.2, 0.25) is 5.02 Å². The van der Waals surface area contributed by atoms with E-state index in [0.717, 1.165) is 11.4 Å². The first-order valence-corrected chi connectivity index (χ1v) is 10.6. The van der Waals surface area contributed by atoms with Gasteiger partial charge in [0.05, 0.1) is 19.4 Å². The highest BCUT2D eigenvalue weighted by Gasteiger charge is 2.31. The van der Waals surface area contributed by atoms with Gasteiger partial charge in [-0.15, -0.1) is 0 Å². The van der Waals surface area contributed by atoms with Crippen LogP contribution in [0.25, 0.3) is 0 Å². The Labute approximate surface area is 165 Å². The maximum Gasteiger partial charge on any atom is 0.246 e. The van der Waals surface area contributed by atoms with Crippen molar-refractivity contribution in [3.8, 4) is 11.5 Å². The fourth-order valence-electron chi connectivity index (χ4n) is 3.16. The summed E-state index contributed by atoms with van der Waals surface area (Å²) in [6.45, 7) is 4.09. The van der Waals surface area contributed by atoms with Crippen LogP contribution in [-0.2, 0) is 10.0 Å². The van der Waals surface area contributed by atoms with Crippen molar-refractivity contribution >= 4 is 27.3 Å². The van der Waals surface area contributed by atoms with Crippen LogP contribution in [0.3, 0.4) is 0 Å². The van der Waals surface area contributed by atoms with Gasteiger partial charge in [-0.2, -0.15) is 4.31 Å². The van der Waals surface area contributed by atoms with Gasteiger partial charge in [-0.25, -0.2) is 8.42 Å². The highest BCUT2D eigenvalue weighted by atomic mass is 35.5.